The summed E-state index contributed by atoms with van der Waals surface area (Å²) in [7, 11) is 0. The van der Waals surface area contributed by atoms with Gasteiger partial charge in [-0.15, -0.1) is 11.6 Å². The molecule has 2 saturated heterocycles. The normalized spacial score (nSPS) is 18.1. The van der Waals surface area contributed by atoms with Crippen molar-refractivity contribution < 1.29 is 13.2 Å². The van der Waals surface area contributed by atoms with Crippen molar-refractivity contribution in [2.45, 2.75) is 31.6 Å². The summed E-state index contributed by atoms with van der Waals surface area (Å²) < 4.78 is 40.1. The Hall–Kier alpha value is -2.69. The quantitative estimate of drug-likeness (QED) is 0.476. The standard InChI is InChI=1S/C24H27ClF3N7/c1-17-30-22(10-23(31-17)35-15-21(29-16-35)24(26,27)28)34-8-6-33(7-9-34)20-13-32(14-20)12-19-4-2-18(11-25)3-5-19/h2-5,10,15-16,20H,6-9,11-14H2,1H3. The number of piperazine rings is 1. The van der Waals surface area contributed by atoms with Gasteiger partial charge < -0.3 is 4.90 Å². The molecule has 0 radical (unpaired) electrons. The van der Waals surface area contributed by atoms with Crippen LogP contribution in [0.1, 0.15) is 22.6 Å². The molecule has 2 fully saturated rings. The predicted octanol–water partition coefficient (Wildman–Crippen LogP) is 3.73. The lowest BCUT2D eigenvalue weighted by atomic mass is 10.0. The van der Waals surface area contributed by atoms with Crippen LogP contribution in [-0.2, 0) is 18.6 Å². The second-order valence-corrected chi connectivity index (χ2v) is 9.38. The molecule has 0 N–H and O–H groups in total. The first-order chi connectivity index (χ1) is 16.8. The van der Waals surface area contributed by atoms with Crippen LogP contribution in [-0.4, -0.2) is 74.6 Å². The second kappa shape index (κ2) is 9.75. The maximum absolute atomic E-state index is 12.9. The van der Waals surface area contributed by atoms with E-state index in [4.69, 9.17) is 11.6 Å². The minimum Gasteiger partial charge on any atom is -0.354 e. The van der Waals surface area contributed by atoms with Gasteiger partial charge in [0.25, 0.3) is 0 Å². The van der Waals surface area contributed by atoms with Gasteiger partial charge in [-0.25, -0.2) is 15.0 Å². The van der Waals surface area contributed by atoms with Gasteiger partial charge in [-0.05, 0) is 18.1 Å². The fourth-order valence-corrected chi connectivity index (χ4v) is 4.81. The molecule has 0 aliphatic carbocycles. The average molecular weight is 506 g/mol. The van der Waals surface area contributed by atoms with Crippen LogP contribution in [0.15, 0.2) is 42.9 Å². The molecule has 11 heteroatoms. The topological polar surface area (TPSA) is 53.3 Å². The maximum Gasteiger partial charge on any atom is 0.434 e. The fraction of sp³-hybridized carbons (Fsp3) is 0.458. The van der Waals surface area contributed by atoms with Crippen molar-refractivity contribution in [2.24, 2.45) is 0 Å². The summed E-state index contributed by atoms with van der Waals surface area (Å²) in [4.78, 5) is 19.5. The van der Waals surface area contributed by atoms with Crippen LogP contribution < -0.4 is 4.90 Å². The molecule has 5 rings (SSSR count). The lowest BCUT2D eigenvalue weighted by molar-refractivity contribution is -0.140. The number of aromatic nitrogens is 4. The van der Waals surface area contributed by atoms with Gasteiger partial charge in [-0.2, -0.15) is 13.2 Å². The number of aryl methyl sites for hydroxylation is 1. The highest BCUT2D eigenvalue weighted by Crippen LogP contribution is 2.28. The Morgan fingerprint density at radius 3 is 2.26 bits per heavy atom. The summed E-state index contributed by atoms with van der Waals surface area (Å²) >= 11 is 5.87. The van der Waals surface area contributed by atoms with Crippen LogP contribution in [0.5, 0.6) is 0 Å². The summed E-state index contributed by atoms with van der Waals surface area (Å²) in [6.07, 6.45) is -2.39. The molecular formula is C24H27ClF3N7. The number of imidazole rings is 1. The summed E-state index contributed by atoms with van der Waals surface area (Å²) in [5.41, 5.74) is 1.50. The van der Waals surface area contributed by atoms with E-state index in [9.17, 15) is 13.2 Å². The van der Waals surface area contributed by atoms with Gasteiger partial charge in [0.2, 0.25) is 0 Å². The molecule has 7 nitrogen and oxygen atoms in total. The first kappa shape index (κ1) is 24.0. The number of hydrogen-bond donors (Lipinski definition) is 0. The molecule has 186 valence electrons. The molecule has 0 spiro atoms. The summed E-state index contributed by atoms with van der Waals surface area (Å²) in [6.45, 7) is 8.26. The van der Waals surface area contributed by atoms with E-state index < -0.39 is 11.9 Å². The number of likely N-dealkylation sites (tertiary alicyclic amines) is 1. The van der Waals surface area contributed by atoms with Crippen molar-refractivity contribution in [1.82, 2.24) is 29.3 Å². The molecule has 0 atom stereocenters. The van der Waals surface area contributed by atoms with Crippen LogP contribution in [0.4, 0.5) is 19.0 Å². The largest absolute Gasteiger partial charge is 0.434 e. The number of alkyl halides is 4. The number of nitrogens with zero attached hydrogens (tertiary/aromatic N) is 7. The van der Waals surface area contributed by atoms with E-state index in [0.717, 1.165) is 69.7 Å². The molecule has 4 heterocycles. The zero-order chi connectivity index (χ0) is 24.6. The van der Waals surface area contributed by atoms with E-state index in [1.165, 1.54) is 10.1 Å². The molecule has 3 aromatic rings. The van der Waals surface area contributed by atoms with Crippen molar-refractivity contribution in [3.05, 3.63) is 65.5 Å². The zero-order valence-electron chi connectivity index (χ0n) is 19.4. The van der Waals surface area contributed by atoms with Crippen molar-refractivity contribution in [1.29, 1.82) is 0 Å². The van der Waals surface area contributed by atoms with Crippen LogP contribution >= 0.6 is 11.6 Å². The highest BCUT2D eigenvalue weighted by Gasteiger charge is 2.35. The Balaban J connectivity index is 1.15. The van der Waals surface area contributed by atoms with E-state index >= 15 is 0 Å². The Labute approximate surface area is 207 Å². The molecule has 0 saturated carbocycles. The van der Waals surface area contributed by atoms with E-state index in [-0.39, 0.29) is 0 Å². The third-order valence-corrected chi connectivity index (χ3v) is 6.93. The minimum absolute atomic E-state index is 0.381. The Morgan fingerprint density at radius 1 is 0.971 bits per heavy atom. The monoisotopic (exact) mass is 505 g/mol. The van der Waals surface area contributed by atoms with Gasteiger partial charge in [0, 0.05) is 70.0 Å². The van der Waals surface area contributed by atoms with Crippen molar-refractivity contribution >= 4 is 17.4 Å². The van der Waals surface area contributed by atoms with E-state index in [1.807, 2.05) is 0 Å². The molecule has 0 amide bonds. The van der Waals surface area contributed by atoms with Gasteiger partial charge in [-0.3, -0.25) is 14.4 Å². The fourth-order valence-electron chi connectivity index (χ4n) is 4.64. The van der Waals surface area contributed by atoms with E-state index in [0.29, 0.717) is 23.6 Å². The minimum atomic E-state index is -4.49. The number of anilines is 1. The first-order valence-electron chi connectivity index (χ1n) is 11.6. The highest BCUT2D eigenvalue weighted by atomic mass is 35.5. The van der Waals surface area contributed by atoms with Crippen molar-refractivity contribution in [2.75, 3.05) is 44.2 Å². The zero-order valence-corrected chi connectivity index (χ0v) is 20.2. The molecular weight excluding hydrogens is 479 g/mol. The number of halogens is 4. The molecule has 35 heavy (non-hydrogen) atoms. The molecule has 0 bridgehead atoms. The molecule has 1 aromatic carbocycles. The third kappa shape index (κ3) is 5.44. The predicted molar refractivity (Wildman–Crippen MR) is 128 cm³/mol. The average Bonchev–Trinajstić information content (AvgIpc) is 3.33. The summed E-state index contributed by atoms with van der Waals surface area (Å²) in [6, 6.07) is 10.7. The Morgan fingerprint density at radius 2 is 1.63 bits per heavy atom. The van der Waals surface area contributed by atoms with Crippen LogP contribution in [0, 0.1) is 6.92 Å². The smallest absolute Gasteiger partial charge is 0.354 e. The number of rotatable bonds is 6. The van der Waals surface area contributed by atoms with Gasteiger partial charge in [0.15, 0.2) is 5.69 Å². The van der Waals surface area contributed by atoms with E-state index in [2.05, 4.69) is 53.9 Å². The third-order valence-electron chi connectivity index (χ3n) is 6.62. The molecule has 0 unspecified atom stereocenters. The lowest BCUT2D eigenvalue weighted by Crippen LogP contribution is -2.62. The summed E-state index contributed by atoms with van der Waals surface area (Å²) in [5.74, 6) is 2.16. The highest BCUT2D eigenvalue weighted by molar-refractivity contribution is 6.17. The number of benzene rings is 1. The summed E-state index contributed by atoms with van der Waals surface area (Å²) in [5, 5.41) is 0. The van der Waals surface area contributed by atoms with Gasteiger partial charge in [-0.1, -0.05) is 24.3 Å². The Bertz CT molecular complexity index is 1150. The molecule has 2 aliphatic heterocycles. The van der Waals surface area contributed by atoms with Crippen molar-refractivity contribution in [3.8, 4) is 5.82 Å². The second-order valence-electron chi connectivity index (χ2n) is 9.12. The van der Waals surface area contributed by atoms with Crippen LogP contribution in [0.25, 0.3) is 5.82 Å². The SMILES string of the molecule is Cc1nc(N2CCN(C3CN(Cc4ccc(CCl)cc4)C3)CC2)cc(-n2cnc(C(F)(F)F)c2)n1. The van der Waals surface area contributed by atoms with Crippen molar-refractivity contribution in [3.63, 3.8) is 0 Å². The van der Waals surface area contributed by atoms with Gasteiger partial charge in [0.05, 0.1) is 0 Å². The molecule has 2 aliphatic rings. The van der Waals surface area contributed by atoms with Gasteiger partial charge >= 0.3 is 6.18 Å². The maximum atomic E-state index is 12.9. The number of hydrogen-bond acceptors (Lipinski definition) is 6. The Kier molecular flexibility index (Phi) is 6.69. The van der Waals surface area contributed by atoms with E-state index in [1.54, 1.807) is 13.0 Å². The van der Waals surface area contributed by atoms with Crippen LogP contribution in [0.3, 0.4) is 0 Å². The van der Waals surface area contributed by atoms with Crippen LogP contribution in [0.2, 0.25) is 0 Å². The van der Waals surface area contributed by atoms with Gasteiger partial charge in [0.1, 0.15) is 23.8 Å². The first-order valence-corrected chi connectivity index (χ1v) is 12.1. The lowest BCUT2D eigenvalue weighted by Gasteiger charge is -2.48. The molecule has 2 aromatic heterocycles.